The van der Waals surface area contributed by atoms with Crippen LogP contribution in [0.3, 0.4) is 0 Å². The maximum Gasteiger partial charge on any atom is 0.319 e. The number of ether oxygens (including phenoxy) is 2. The van der Waals surface area contributed by atoms with Crippen LogP contribution in [0.1, 0.15) is 24.0 Å². The molecule has 1 fully saturated rings. The first kappa shape index (κ1) is 16.7. The average Bonchev–Trinajstić information content (AvgIpc) is 3.42. The van der Waals surface area contributed by atoms with Crippen molar-refractivity contribution >= 4 is 11.7 Å². The van der Waals surface area contributed by atoms with Crippen molar-refractivity contribution in [3.05, 3.63) is 53.6 Å². The van der Waals surface area contributed by atoms with E-state index in [0.29, 0.717) is 22.7 Å². The molecule has 0 spiro atoms. The highest BCUT2D eigenvalue weighted by Crippen LogP contribution is 2.47. The summed E-state index contributed by atoms with van der Waals surface area (Å²) in [5, 5.41) is 14.6. The molecule has 1 aliphatic carbocycles. The summed E-state index contributed by atoms with van der Waals surface area (Å²) in [5.41, 5.74) is 1.80. The molecule has 0 aromatic heterocycles. The third-order valence-corrected chi connectivity index (χ3v) is 4.31. The summed E-state index contributed by atoms with van der Waals surface area (Å²) in [6.07, 6.45) is 1.73. The number of rotatable bonds is 5. The summed E-state index contributed by atoms with van der Waals surface area (Å²) in [4.78, 5) is 12.3. The van der Waals surface area contributed by atoms with Crippen molar-refractivity contribution in [1.82, 2.24) is 5.32 Å². The van der Waals surface area contributed by atoms with Crippen LogP contribution in [-0.2, 0) is 5.54 Å². The number of amides is 2. The summed E-state index contributed by atoms with van der Waals surface area (Å²) in [6, 6.07) is 14.2. The SMILES string of the molecule is COc1ccc(C2(NC(=O)Nc3ccc(C#N)cc3)CC2)cc1OC. The minimum Gasteiger partial charge on any atom is -0.493 e. The number of hydrogen-bond donors (Lipinski definition) is 2. The van der Waals surface area contributed by atoms with Crippen LogP contribution in [0, 0.1) is 11.3 Å². The lowest BCUT2D eigenvalue weighted by Crippen LogP contribution is -2.38. The zero-order valence-corrected chi connectivity index (χ0v) is 14.1. The number of urea groups is 1. The normalized spacial score (nSPS) is 14.1. The molecule has 0 radical (unpaired) electrons. The topological polar surface area (TPSA) is 83.4 Å². The molecular weight excluding hydrogens is 318 g/mol. The highest BCUT2D eigenvalue weighted by Gasteiger charge is 2.46. The van der Waals surface area contributed by atoms with E-state index in [2.05, 4.69) is 10.6 Å². The molecule has 0 aliphatic heterocycles. The highest BCUT2D eigenvalue weighted by atomic mass is 16.5. The van der Waals surface area contributed by atoms with Crippen LogP contribution in [0.15, 0.2) is 42.5 Å². The van der Waals surface area contributed by atoms with Gasteiger partial charge in [0.15, 0.2) is 11.5 Å². The molecule has 2 amide bonds. The fraction of sp³-hybridized carbons (Fsp3) is 0.263. The summed E-state index contributed by atoms with van der Waals surface area (Å²) in [5.74, 6) is 1.30. The van der Waals surface area contributed by atoms with E-state index in [4.69, 9.17) is 14.7 Å². The van der Waals surface area contributed by atoms with Gasteiger partial charge in [0.05, 0.1) is 31.4 Å². The van der Waals surface area contributed by atoms with Crippen molar-refractivity contribution in [2.75, 3.05) is 19.5 Å². The second-order valence-electron chi connectivity index (χ2n) is 5.92. The molecule has 6 nitrogen and oxygen atoms in total. The van der Waals surface area contributed by atoms with Gasteiger partial charge >= 0.3 is 6.03 Å². The molecule has 2 aromatic carbocycles. The van der Waals surface area contributed by atoms with Crippen LogP contribution in [0.4, 0.5) is 10.5 Å². The average molecular weight is 337 g/mol. The number of carbonyl (C=O) groups is 1. The third kappa shape index (κ3) is 3.50. The van der Waals surface area contributed by atoms with Gasteiger partial charge in [0.25, 0.3) is 0 Å². The molecule has 1 saturated carbocycles. The van der Waals surface area contributed by atoms with E-state index in [1.54, 1.807) is 38.5 Å². The Morgan fingerprint density at radius 1 is 1.08 bits per heavy atom. The monoisotopic (exact) mass is 337 g/mol. The van der Waals surface area contributed by atoms with Gasteiger partial charge in [-0.05, 0) is 54.8 Å². The Morgan fingerprint density at radius 2 is 1.76 bits per heavy atom. The molecule has 0 atom stereocenters. The molecule has 1 aliphatic rings. The van der Waals surface area contributed by atoms with E-state index in [-0.39, 0.29) is 11.6 Å². The first-order chi connectivity index (χ1) is 12.1. The number of methoxy groups -OCH3 is 2. The molecule has 3 rings (SSSR count). The minimum absolute atomic E-state index is 0.281. The van der Waals surface area contributed by atoms with Crippen LogP contribution in [0.25, 0.3) is 0 Å². The van der Waals surface area contributed by atoms with Crippen molar-refractivity contribution in [2.24, 2.45) is 0 Å². The first-order valence-corrected chi connectivity index (χ1v) is 7.92. The first-order valence-electron chi connectivity index (χ1n) is 7.92. The number of anilines is 1. The molecule has 6 heteroatoms. The van der Waals surface area contributed by atoms with Crippen LogP contribution >= 0.6 is 0 Å². The fourth-order valence-electron chi connectivity index (χ4n) is 2.75. The molecule has 0 unspecified atom stereocenters. The Morgan fingerprint density at radius 3 is 2.32 bits per heavy atom. The largest absolute Gasteiger partial charge is 0.493 e. The van der Waals surface area contributed by atoms with Crippen molar-refractivity contribution in [1.29, 1.82) is 5.26 Å². The van der Waals surface area contributed by atoms with Gasteiger partial charge in [-0.2, -0.15) is 5.26 Å². The van der Waals surface area contributed by atoms with Gasteiger partial charge in [0, 0.05) is 5.69 Å². The van der Waals surface area contributed by atoms with Gasteiger partial charge in [0.2, 0.25) is 0 Å². The Labute approximate surface area is 146 Å². The van der Waals surface area contributed by atoms with Gasteiger partial charge in [-0.1, -0.05) is 6.07 Å². The third-order valence-electron chi connectivity index (χ3n) is 4.31. The van der Waals surface area contributed by atoms with Crippen LogP contribution in [0.2, 0.25) is 0 Å². The maximum atomic E-state index is 12.3. The van der Waals surface area contributed by atoms with E-state index in [0.717, 1.165) is 18.4 Å². The van der Waals surface area contributed by atoms with E-state index < -0.39 is 0 Å². The van der Waals surface area contributed by atoms with E-state index in [9.17, 15) is 4.79 Å². The summed E-state index contributed by atoms with van der Waals surface area (Å²) in [6.45, 7) is 0. The molecule has 0 heterocycles. The van der Waals surface area contributed by atoms with Gasteiger partial charge in [0.1, 0.15) is 0 Å². The summed E-state index contributed by atoms with van der Waals surface area (Å²) in [7, 11) is 3.18. The van der Waals surface area contributed by atoms with E-state index in [1.165, 1.54) is 0 Å². The molecular formula is C19H19N3O3. The lowest BCUT2D eigenvalue weighted by molar-refractivity contribution is 0.247. The number of nitrogens with one attached hydrogen (secondary N) is 2. The zero-order chi connectivity index (χ0) is 17.9. The van der Waals surface area contributed by atoms with Crippen LogP contribution in [0.5, 0.6) is 11.5 Å². The minimum atomic E-state index is -0.379. The Balaban J connectivity index is 1.71. The number of nitrogens with zero attached hydrogens (tertiary/aromatic N) is 1. The van der Waals surface area contributed by atoms with Gasteiger partial charge in [-0.3, -0.25) is 0 Å². The van der Waals surface area contributed by atoms with Crippen molar-refractivity contribution in [2.45, 2.75) is 18.4 Å². The quantitative estimate of drug-likeness (QED) is 0.876. The standard InChI is InChI=1S/C19H19N3O3/c1-24-16-8-5-14(11-17(16)25-2)19(9-10-19)22-18(23)21-15-6-3-13(12-20)4-7-15/h3-8,11H,9-10H2,1-2H3,(H2,21,22,23). The Hall–Kier alpha value is -3.20. The van der Waals surface area contributed by atoms with Crippen LogP contribution in [-0.4, -0.2) is 20.3 Å². The molecule has 0 bridgehead atoms. The predicted octanol–water partition coefficient (Wildman–Crippen LogP) is 3.39. The highest BCUT2D eigenvalue weighted by molar-refractivity contribution is 5.90. The molecule has 2 N–H and O–H groups in total. The van der Waals surface area contributed by atoms with Crippen LogP contribution < -0.4 is 20.1 Å². The van der Waals surface area contributed by atoms with E-state index in [1.807, 2.05) is 24.3 Å². The van der Waals surface area contributed by atoms with Crippen molar-refractivity contribution < 1.29 is 14.3 Å². The number of carbonyl (C=O) groups excluding carboxylic acids is 1. The second-order valence-corrected chi connectivity index (χ2v) is 5.92. The molecule has 2 aromatic rings. The molecule has 25 heavy (non-hydrogen) atoms. The molecule has 0 saturated heterocycles. The summed E-state index contributed by atoms with van der Waals surface area (Å²) >= 11 is 0. The lowest BCUT2D eigenvalue weighted by atomic mass is 10.0. The predicted molar refractivity (Wildman–Crippen MR) is 93.8 cm³/mol. The smallest absolute Gasteiger partial charge is 0.319 e. The zero-order valence-electron chi connectivity index (χ0n) is 14.1. The van der Waals surface area contributed by atoms with E-state index >= 15 is 0 Å². The summed E-state index contributed by atoms with van der Waals surface area (Å²) < 4.78 is 10.6. The van der Waals surface area contributed by atoms with Crippen molar-refractivity contribution in [3.8, 4) is 17.6 Å². The Bertz CT molecular complexity index is 821. The number of benzene rings is 2. The lowest BCUT2D eigenvalue weighted by Gasteiger charge is -2.20. The number of hydrogen-bond acceptors (Lipinski definition) is 4. The van der Waals surface area contributed by atoms with Crippen molar-refractivity contribution in [3.63, 3.8) is 0 Å². The maximum absolute atomic E-state index is 12.3. The second kappa shape index (κ2) is 6.73. The Kier molecular flexibility index (Phi) is 4.48. The number of nitriles is 1. The van der Waals surface area contributed by atoms with Gasteiger partial charge in [-0.25, -0.2) is 4.79 Å². The fourth-order valence-corrected chi connectivity index (χ4v) is 2.75. The van der Waals surface area contributed by atoms with Gasteiger partial charge in [-0.15, -0.1) is 0 Å². The van der Waals surface area contributed by atoms with Gasteiger partial charge < -0.3 is 20.1 Å². The molecule has 128 valence electrons.